The Morgan fingerprint density at radius 2 is 2.00 bits per heavy atom. The minimum Gasteiger partial charge on any atom is -0.378 e. The summed E-state index contributed by atoms with van der Waals surface area (Å²) in [5, 5.41) is 3.41. The van der Waals surface area contributed by atoms with Crippen LogP contribution in [0.1, 0.15) is 46.5 Å². The van der Waals surface area contributed by atoms with Crippen molar-refractivity contribution in [2.75, 3.05) is 26.2 Å². The van der Waals surface area contributed by atoms with Crippen molar-refractivity contribution in [3.63, 3.8) is 0 Å². The molecule has 0 spiro atoms. The summed E-state index contributed by atoms with van der Waals surface area (Å²) in [6.45, 7) is 10.1. The molecule has 2 heterocycles. The van der Waals surface area contributed by atoms with Gasteiger partial charge in [-0.1, -0.05) is 13.8 Å². The second-order valence-electron chi connectivity index (χ2n) is 6.83. The van der Waals surface area contributed by atoms with Gasteiger partial charge in [-0.05, 0) is 45.1 Å². The normalized spacial score (nSPS) is 28.9. The van der Waals surface area contributed by atoms with E-state index in [1.165, 1.54) is 0 Å². The molecule has 0 saturated carbocycles. The van der Waals surface area contributed by atoms with E-state index in [-0.39, 0.29) is 5.92 Å². The van der Waals surface area contributed by atoms with Crippen molar-refractivity contribution >= 4 is 5.91 Å². The molecule has 0 unspecified atom stereocenters. The predicted molar refractivity (Wildman–Crippen MR) is 80.6 cm³/mol. The number of ether oxygens (including phenoxy) is 1. The number of amides is 1. The van der Waals surface area contributed by atoms with E-state index >= 15 is 0 Å². The van der Waals surface area contributed by atoms with Crippen LogP contribution in [0.4, 0.5) is 0 Å². The van der Waals surface area contributed by atoms with Gasteiger partial charge >= 0.3 is 0 Å². The van der Waals surface area contributed by atoms with Gasteiger partial charge in [0.25, 0.3) is 0 Å². The molecule has 2 saturated heterocycles. The van der Waals surface area contributed by atoms with Crippen LogP contribution in [0.2, 0.25) is 0 Å². The Morgan fingerprint density at radius 3 is 2.60 bits per heavy atom. The summed E-state index contributed by atoms with van der Waals surface area (Å²) in [6.07, 6.45) is 4.33. The predicted octanol–water partition coefficient (Wildman–Crippen LogP) is 2.04. The molecule has 2 aliphatic rings. The maximum atomic E-state index is 12.5. The van der Waals surface area contributed by atoms with Crippen molar-refractivity contribution in [1.29, 1.82) is 0 Å². The van der Waals surface area contributed by atoms with Crippen LogP contribution in [-0.2, 0) is 9.53 Å². The lowest BCUT2D eigenvalue weighted by molar-refractivity contribution is -0.139. The molecular weight excluding hydrogens is 252 g/mol. The Bertz CT molecular complexity index is 312. The van der Waals surface area contributed by atoms with Gasteiger partial charge in [-0.25, -0.2) is 0 Å². The monoisotopic (exact) mass is 282 g/mol. The van der Waals surface area contributed by atoms with E-state index in [0.29, 0.717) is 24.0 Å². The molecule has 116 valence electrons. The van der Waals surface area contributed by atoms with Gasteiger partial charge in [-0.2, -0.15) is 0 Å². The zero-order valence-corrected chi connectivity index (χ0v) is 13.2. The standard InChI is InChI=1S/C16H30N2O2/c1-12(2)11-20-15-5-8-18(9-6-15)16(19)14-4-7-17-13(3)10-14/h12-15,17H,4-11H2,1-3H3/t13-,14-/m0/s1. The Labute approximate surface area is 123 Å². The highest BCUT2D eigenvalue weighted by Crippen LogP contribution is 2.22. The first-order valence-electron chi connectivity index (χ1n) is 8.20. The third kappa shape index (κ3) is 4.45. The van der Waals surface area contributed by atoms with Crippen LogP contribution >= 0.6 is 0 Å². The minimum atomic E-state index is 0.236. The van der Waals surface area contributed by atoms with Crippen molar-refractivity contribution in [3.8, 4) is 0 Å². The van der Waals surface area contributed by atoms with Gasteiger partial charge in [0.15, 0.2) is 0 Å². The van der Waals surface area contributed by atoms with E-state index in [9.17, 15) is 4.79 Å². The molecule has 2 atom stereocenters. The van der Waals surface area contributed by atoms with Crippen molar-refractivity contribution in [2.45, 2.75) is 58.6 Å². The van der Waals surface area contributed by atoms with Gasteiger partial charge in [-0.3, -0.25) is 4.79 Å². The SMILES string of the molecule is CC(C)COC1CCN(C(=O)[C@H]2CCN[C@@H](C)C2)CC1. The van der Waals surface area contributed by atoms with Gasteiger partial charge < -0.3 is 15.0 Å². The Morgan fingerprint density at radius 1 is 1.30 bits per heavy atom. The van der Waals surface area contributed by atoms with E-state index < -0.39 is 0 Å². The van der Waals surface area contributed by atoms with Gasteiger partial charge in [0.05, 0.1) is 6.10 Å². The quantitative estimate of drug-likeness (QED) is 0.858. The Kier molecular flexibility index (Phi) is 5.85. The molecule has 0 radical (unpaired) electrons. The van der Waals surface area contributed by atoms with Crippen molar-refractivity contribution in [2.24, 2.45) is 11.8 Å². The zero-order valence-electron chi connectivity index (χ0n) is 13.2. The molecule has 1 amide bonds. The van der Waals surface area contributed by atoms with Crippen molar-refractivity contribution < 1.29 is 9.53 Å². The number of rotatable bonds is 4. The molecule has 0 aromatic rings. The lowest BCUT2D eigenvalue weighted by Crippen LogP contribution is -2.47. The molecule has 4 nitrogen and oxygen atoms in total. The maximum Gasteiger partial charge on any atom is 0.225 e. The maximum absolute atomic E-state index is 12.5. The number of nitrogens with one attached hydrogen (secondary N) is 1. The summed E-state index contributed by atoms with van der Waals surface area (Å²) in [6, 6.07) is 0.476. The van der Waals surface area contributed by atoms with Crippen LogP contribution in [0.25, 0.3) is 0 Å². The molecule has 2 rings (SSSR count). The van der Waals surface area contributed by atoms with Gasteiger partial charge in [0, 0.05) is 31.7 Å². The first-order valence-corrected chi connectivity index (χ1v) is 8.20. The third-order valence-corrected chi connectivity index (χ3v) is 4.39. The molecule has 0 aliphatic carbocycles. The van der Waals surface area contributed by atoms with E-state index in [2.05, 4.69) is 31.0 Å². The second-order valence-corrected chi connectivity index (χ2v) is 6.83. The van der Waals surface area contributed by atoms with Gasteiger partial charge in [-0.15, -0.1) is 0 Å². The molecule has 2 fully saturated rings. The minimum absolute atomic E-state index is 0.236. The molecule has 1 N–H and O–H groups in total. The average Bonchev–Trinajstić information content (AvgIpc) is 2.45. The first kappa shape index (κ1) is 15.8. The summed E-state index contributed by atoms with van der Waals surface area (Å²) in [7, 11) is 0. The number of nitrogens with zero attached hydrogens (tertiary/aromatic N) is 1. The van der Waals surface area contributed by atoms with Crippen LogP contribution in [-0.4, -0.2) is 49.2 Å². The highest BCUT2D eigenvalue weighted by atomic mass is 16.5. The fourth-order valence-electron chi connectivity index (χ4n) is 3.19. The lowest BCUT2D eigenvalue weighted by Gasteiger charge is -2.36. The van der Waals surface area contributed by atoms with E-state index in [1.807, 2.05) is 0 Å². The molecule has 0 aromatic carbocycles. The molecule has 0 bridgehead atoms. The van der Waals surface area contributed by atoms with Crippen molar-refractivity contribution in [1.82, 2.24) is 10.2 Å². The van der Waals surface area contributed by atoms with E-state index in [4.69, 9.17) is 4.74 Å². The smallest absolute Gasteiger partial charge is 0.225 e. The van der Waals surface area contributed by atoms with Crippen LogP contribution in [0.3, 0.4) is 0 Å². The highest BCUT2D eigenvalue weighted by molar-refractivity contribution is 5.79. The summed E-state index contributed by atoms with van der Waals surface area (Å²) in [5.74, 6) is 1.20. The number of piperidine rings is 2. The molecule has 4 heteroatoms. The first-order chi connectivity index (χ1) is 9.56. The van der Waals surface area contributed by atoms with Crippen LogP contribution in [0, 0.1) is 11.8 Å². The number of carbonyl (C=O) groups is 1. The Hall–Kier alpha value is -0.610. The summed E-state index contributed by atoms with van der Waals surface area (Å²) in [5.41, 5.74) is 0. The molecule has 20 heavy (non-hydrogen) atoms. The second kappa shape index (κ2) is 7.41. The number of hydrogen-bond acceptors (Lipinski definition) is 3. The Balaban J connectivity index is 1.74. The third-order valence-electron chi connectivity index (χ3n) is 4.39. The van der Waals surface area contributed by atoms with Gasteiger partial charge in [0.2, 0.25) is 5.91 Å². The topological polar surface area (TPSA) is 41.6 Å². The highest BCUT2D eigenvalue weighted by Gasteiger charge is 2.31. The zero-order chi connectivity index (χ0) is 14.5. The van der Waals surface area contributed by atoms with E-state index in [0.717, 1.165) is 51.9 Å². The number of hydrogen-bond donors (Lipinski definition) is 1. The largest absolute Gasteiger partial charge is 0.378 e. The summed E-state index contributed by atoms with van der Waals surface area (Å²) in [4.78, 5) is 14.6. The summed E-state index contributed by atoms with van der Waals surface area (Å²) < 4.78 is 5.89. The lowest BCUT2D eigenvalue weighted by atomic mass is 9.91. The molecular formula is C16H30N2O2. The number of carbonyl (C=O) groups excluding carboxylic acids is 1. The van der Waals surface area contributed by atoms with Crippen LogP contribution in [0.5, 0.6) is 0 Å². The average molecular weight is 282 g/mol. The summed E-state index contributed by atoms with van der Waals surface area (Å²) >= 11 is 0. The fraction of sp³-hybridized carbons (Fsp3) is 0.938. The van der Waals surface area contributed by atoms with Crippen molar-refractivity contribution in [3.05, 3.63) is 0 Å². The molecule has 2 aliphatic heterocycles. The molecule has 0 aromatic heterocycles. The van der Waals surface area contributed by atoms with Crippen LogP contribution < -0.4 is 5.32 Å². The van der Waals surface area contributed by atoms with Crippen LogP contribution in [0.15, 0.2) is 0 Å². The number of likely N-dealkylation sites (tertiary alicyclic amines) is 1. The van der Waals surface area contributed by atoms with E-state index in [1.54, 1.807) is 0 Å². The van der Waals surface area contributed by atoms with Gasteiger partial charge in [0.1, 0.15) is 0 Å². The fourth-order valence-corrected chi connectivity index (χ4v) is 3.19.